The van der Waals surface area contributed by atoms with Gasteiger partial charge in [-0.3, -0.25) is 15.1 Å². The first-order valence-corrected chi connectivity index (χ1v) is 7.82. The van der Waals surface area contributed by atoms with Gasteiger partial charge >= 0.3 is 0 Å². The van der Waals surface area contributed by atoms with Crippen molar-refractivity contribution in [2.24, 2.45) is 4.99 Å². The summed E-state index contributed by atoms with van der Waals surface area (Å²) in [6.07, 6.45) is 8.94. The lowest BCUT2D eigenvalue weighted by Crippen LogP contribution is -2.27. The molecule has 0 aliphatic carbocycles. The first-order chi connectivity index (χ1) is 9.96. The van der Waals surface area contributed by atoms with Crippen LogP contribution in [0.3, 0.4) is 0 Å². The molecule has 1 aliphatic heterocycles. The second-order valence-electron chi connectivity index (χ2n) is 4.68. The molecule has 0 saturated carbocycles. The Kier molecular flexibility index (Phi) is 4.80. The highest BCUT2D eigenvalue weighted by molar-refractivity contribution is 8.02. The summed E-state index contributed by atoms with van der Waals surface area (Å²) >= 11 is 7.12. The number of hydrogen-bond acceptors (Lipinski definition) is 5. The van der Waals surface area contributed by atoms with Crippen LogP contribution in [0.1, 0.15) is 12.5 Å². The fourth-order valence-corrected chi connectivity index (χ4v) is 3.03. The van der Waals surface area contributed by atoms with Crippen LogP contribution in [0.4, 0.5) is 0 Å². The maximum atomic E-state index is 11.5. The first-order valence-electron chi connectivity index (χ1n) is 6.22. The number of aliphatic imine (C=N–C) groups is 1. The van der Waals surface area contributed by atoms with Gasteiger partial charge in [-0.05, 0) is 37.0 Å². The van der Waals surface area contributed by atoms with Gasteiger partial charge in [0.05, 0.1) is 9.83 Å². The molecule has 21 heavy (non-hydrogen) atoms. The van der Waals surface area contributed by atoms with Crippen LogP contribution in [0, 0.1) is 10.1 Å². The minimum absolute atomic E-state index is 0.106. The number of halogens is 1. The van der Waals surface area contributed by atoms with E-state index in [1.807, 2.05) is 12.3 Å². The highest BCUT2D eigenvalue weighted by Crippen LogP contribution is 2.34. The van der Waals surface area contributed by atoms with E-state index in [1.54, 1.807) is 37.6 Å². The molecule has 5 nitrogen and oxygen atoms in total. The van der Waals surface area contributed by atoms with Gasteiger partial charge in [-0.25, -0.2) is 4.98 Å². The molecule has 0 aromatic carbocycles. The number of allylic oxidation sites excluding steroid dienone is 2. The van der Waals surface area contributed by atoms with Crippen molar-refractivity contribution in [3.8, 4) is 0 Å². The van der Waals surface area contributed by atoms with Gasteiger partial charge in [-0.2, -0.15) is 0 Å². The minimum Gasteiger partial charge on any atom is -0.271 e. The lowest BCUT2D eigenvalue weighted by Gasteiger charge is -2.18. The summed E-state index contributed by atoms with van der Waals surface area (Å²) in [5.74, 6) is 0. The van der Waals surface area contributed by atoms with Gasteiger partial charge in [0.2, 0.25) is 0 Å². The molecule has 2 rings (SSSR count). The Balaban J connectivity index is 2.42. The largest absolute Gasteiger partial charge is 0.286 e. The number of rotatable bonds is 5. The fourth-order valence-electron chi connectivity index (χ4n) is 2.13. The smallest absolute Gasteiger partial charge is 0.271 e. The normalized spacial score (nSPS) is 21.5. The number of aromatic nitrogens is 1. The standard InChI is InChI=1S/C14H14ClN3O2S/c1-14(6-3-7-17-14)13(18(19)20)11(21-2)8-10-4-5-12(15)16-9-10/h3-7,9H,8H2,1-2H3. The second kappa shape index (κ2) is 6.41. The predicted molar refractivity (Wildman–Crippen MR) is 86.5 cm³/mol. The number of pyridine rings is 1. The summed E-state index contributed by atoms with van der Waals surface area (Å²) in [6, 6.07) is 3.50. The van der Waals surface area contributed by atoms with Gasteiger partial charge in [0.15, 0.2) is 5.54 Å². The molecule has 1 aromatic heterocycles. The van der Waals surface area contributed by atoms with Crippen molar-refractivity contribution >= 4 is 29.6 Å². The number of thioether (sulfide) groups is 1. The van der Waals surface area contributed by atoms with Crippen LogP contribution < -0.4 is 0 Å². The third-order valence-corrected chi connectivity index (χ3v) is 4.23. The van der Waals surface area contributed by atoms with E-state index in [0.717, 1.165) is 5.56 Å². The Labute approximate surface area is 132 Å². The Bertz CT molecular complexity index is 626. The molecule has 110 valence electrons. The molecule has 0 N–H and O–H groups in total. The Hall–Kier alpha value is -1.66. The van der Waals surface area contributed by atoms with Crippen molar-refractivity contribution in [1.29, 1.82) is 0 Å². The van der Waals surface area contributed by atoms with E-state index in [9.17, 15) is 10.1 Å². The van der Waals surface area contributed by atoms with Crippen molar-refractivity contribution in [2.75, 3.05) is 6.26 Å². The third kappa shape index (κ3) is 3.51. The molecule has 0 amide bonds. The van der Waals surface area contributed by atoms with Crippen LogP contribution in [0.15, 0.2) is 46.1 Å². The zero-order valence-electron chi connectivity index (χ0n) is 11.6. The van der Waals surface area contributed by atoms with E-state index >= 15 is 0 Å². The van der Waals surface area contributed by atoms with Gasteiger partial charge in [0.25, 0.3) is 5.70 Å². The van der Waals surface area contributed by atoms with Crippen LogP contribution in [-0.2, 0) is 6.42 Å². The average Bonchev–Trinajstić information content (AvgIpc) is 2.87. The molecule has 0 bridgehead atoms. The summed E-state index contributed by atoms with van der Waals surface area (Å²) in [5, 5.41) is 11.9. The van der Waals surface area contributed by atoms with Crippen LogP contribution in [0.25, 0.3) is 0 Å². The SMILES string of the molecule is CSC(Cc1ccc(Cl)nc1)=C([N+](=O)[O-])C1(C)C=CC=N1. The van der Waals surface area contributed by atoms with Gasteiger partial charge in [-0.15, -0.1) is 11.8 Å². The fraction of sp³-hybridized carbons (Fsp3) is 0.286. The molecule has 0 radical (unpaired) electrons. The van der Waals surface area contributed by atoms with E-state index in [2.05, 4.69) is 9.98 Å². The lowest BCUT2D eigenvalue weighted by molar-refractivity contribution is -0.433. The second-order valence-corrected chi connectivity index (χ2v) is 5.97. The minimum atomic E-state index is -0.915. The predicted octanol–water partition coefficient (Wildman–Crippen LogP) is 3.53. The van der Waals surface area contributed by atoms with Gasteiger partial charge in [0, 0.05) is 18.8 Å². The zero-order valence-corrected chi connectivity index (χ0v) is 13.2. The molecule has 0 fully saturated rings. The average molecular weight is 324 g/mol. The van der Waals surface area contributed by atoms with Crippen molar-refractivity contribution in [1.82, 2.24) is 4.98 Å². The van der Waals surface area contributed by atoms with Gasteiger partial charge in [-0.1, -0.05) is 17.7 Å². The van der Waals surface area contributed by atoms with Gasteiger partial charge in [0.1, 0.15) is 5.15 Å². The lowest BCUT2D eigenvalue weighted by atomic mass is 9.98. The molecule has 7 heteroatoms. The summed E-state index contributed by atoms with van der Waals surface area (Å²) in [6.45, 7) is 1.74. The van der Waals surface area contributed by atoms with Crippen molar-refractivity contribution in [3.05, 3.63) is 61.9 Å². The van der Waals surface area contributed by atoms with E-state index in [-0.39, 0.29) is 10.6 Å². The van der Waals surface area contributed by atoms with Crippen LogP contribution in [0.2, 0.25) is 5.15 Å². The quantitative estimate of drug-likeness (QED) is 0.472. The number of nitro groups is 1. The molecule has 0 spiro atoms. The van der Waals surface area contributed by atoms with Gasteiger partial charge < -0.3 is 0 Å². The zero-order chi connectivity index (χ0) is 15.5. The Morgan fingerprint density at radius 1 is 1.52 bits per heavy atom. The first kappa shape index (κ1) is 15.7. The van der Waals surface area contributed by atoms with E-state index in [0.29, 0.717) is 16.5 Å². The Morgan fingerprint density at radius 3 is 2.76 bits per heavy atom. The molecule has 0 saturated heterocycles. The monoisotopic (exact) mass is 323 g/mol. The van der Waals surface area contributed by atoms with Crippen LogP contribution in [0.5, 0.6) is 0 Å². The maximum Gasteiger partial charge on any atom is 0.286 e. The number of hydrogen-bond donors (Lipinski definition) is 0. The molecule has 2 heterocycles. The van der Waals surface area contributed by atoms with Crippen molar-refractivity contribution in [2.45, 2.75) is 18.9 Å². The molecule has 1 aliphatic rings. The van der Waals surface area contributed by atoms with Crippen molar-refractivity contribution < 1.29 is 4.92 Å². The highest BCUT2D eigenvalue weighted by Gasteiger charge is 2.39. The summed E-state index contributed by atoms with van der Waals surface area (Å²) in [4.78, 5) is 20.1. The molecule has 1 aromatic rings. The molecule has 1 unspecified atom stereocenters. The summed E-state index contributed by atoms with van der Waals surface area (Å²) in [7, 11) is 0. The summed E-state index contributed by atoms with van der Waals surface area (Å²) in [5.41, 5.74) is 0.0643. The van der Waals surface area contributed by atoms with Crippen LogP contribution in [-0.4, -0.2) is 27.9 Å². The van der Waals surface area contributed by atoms with Crippen molar-refractivity contribution in [3.63, 3.8) is 0 Å². The summed E-state index contributed by atoms with van der Waals surface area (Å²) < 4.78 is 0. The van der Waals surface area contributed by atoms with E-state index in [4.69, 9.17) is 11.6 Å². The number of nitrogens with zero attached hydrogens (tertiary/aromatic N) is 3. The molecule has 1 atom stereocenters. The van der Waals surface area contributed by atoms with Crippen LogP contribution >= 0.6 is 23.4 Å². The van der Waals surface area contributed by atoms with E-state index < -0.39 is 5.54 Å². The third-order valence-electron chi connectivity index (χ3n) is 3.18. The highest BCUT2D eigenvalue weighted by atomic mass is 35.5. The Morgan fingerprint density at radius 2 is 2.29 bits per heavy atom. The molecular formula is C14H14ClN3O2S. The molecular weight excluding hydrogens is 310 g/mol. The topological polar surface area (TPSA) is 68.4 Å². The maximum absolute atomic E-state index is 11.5. The van der Waals surface area contributed by atoms with E-state index in [1.165, 1.54) is 11.8 Å².